The molecule has 0 saturated heterocycles. The van der Waals surface area contributed by atoms with E-state index in [1.165, 1.54) is 16.2 Å². The summed E-state index contributed by atoms with van der Waals surface area (Å²) in [7, 11) is 1.58. The molecule has 1 aromatic heterocycles. The van der Waals surface area contributed by atoms with Gasteiger partial charge in [0.15, 0.2) is 0 Å². The molecule has 0 saturated carbocycles. The van der Waals surface area contributed by atoms with Crippen molar-refractivity contribution in [2.75, 3.05) is 19.0 Å². The van der Waals surface area contributed by atoms with Crippen molar-refractivity contribution in [2.45, 2.75) is 13.3 Å². The quantitative estimate of drug-likeness (QED) is 0.574. The molecule has 0 aliphatic carbocycles. The molecule has 5 nitrogen and oxygen atoms in total. The van der Waals surface area contributed by atoms with Crippen LogP contribution in [0.1, 0.15) is 16.0 Å². The van der Waals surface area contributed by atoms with Crippen LogP contribution in [0.5, 0.6) is 5.75 Å². The van der Waals surface area contributed by atoms with E-state index in [0.29, 0.717) is 35.7 Å². The number of nitrogens with one attached hydrogen (secondary N) is 1. The number of carbonyl (C=O) groups is 2. The Bertz CT molecular complexity index is 1100. The maximum absolute atomic E-state index is 13.3. The number of imide groups is 1. The van der Waals surface area contributed by atoms with Crippen molar-refractivity contribution >= 4 is 34.4 Å². The van der Waals surface area contributed by atoms with Crippen LogP contribution in [0.15, 0.2) is 71.7 Å². The zero-order valence-corrected chi connectivity index (χ0v) is 17.7. The van der Waals surface area contributed by atoms with Gasteiger partial charge in [-0.1, -0.05) is 42.5 Å². The van der Waals surface area contributed by atoms with Crippen LogP contribution in [-0.4, -0.2) is 30.4 Å². The van der Waals surface area contributed by atoms with E-state index in [4.69, 9.17) is 4.74 Å². The van der Waals surface area contributed by atoms with Crippen molar-refractivity contribution < 1.29 is 14.3 Å². The van der Waals surface area contributed by atoms with Gasteiger partial charge in [0, 0.05) is 11.4 Å². The van der Waals surface area contributed by atoms with Gasteiger partial charge in [0.25, 0.3) is 11.8 Å². The van der Waals surface area contributed by atoms with Crippen molar-refractivity contribution in [3.05, 3.63) is 87.7 Å². The summed E-state index contributed by atoms with van der Waals surface area (Å²) in [5.74, 6) is 0.0250. The first-order chi connectivity index (χ1) is 14.6. The number of amides is 2. The van der Waals surface area contributed by atoms with E-state index in [1.54, 1.807) is 7.11 Å². The number of hydrogen-bond acceptors (Lipinski definition) is 5. The number of carbonyl (C=O) groups excluding carboxylic acids is 2. The van der Waals surface area contributed by atoms with E-state index in [0.717, 1.165) is 16.0 Å². The zero-order chi connectivity index (χ0) is 21.1. The molecule has 30 heavy (non-hydrogen) atoms. The van der Waals surface area contributed by atoms with Crippen LogP contribution >= 0.6 is 11.3 Å². The third-order valence-electron chi connectivity index (χ3n) is 5.02. The van der Waals surface area contributed by atoms with Crippen molar-refractivity contribution in [3.63, 3.8) is 0 Å². The Balaban J connectivity index is 1.67. The van der Waals surface area contributed by atoms with E-state index in [2.05, 4.69) is 5.32 Å². The topological polar surface area (TPSA) is 58.6 Å². The molecule has 2 heterocycles. The van der Waals surface area contributed by atoms with Crippen LogP contribution in [0.25, 0.3) is 5.57 Å². The molecule has 1 aliphatic rings. The lowest BCUT2D eigenvalue weighted by Crippen LogP contribution is -2.34. The van der Waals surface area contributed by atoms with Crippen LogP contribution in [0.4, 0.5) is 5.69 Å². The summed E-state index contributed by atoms with van der Waals surface area (Å²) in [5.41, 5.74) is 3.46. The number of thiophene rings is 1. The van der Waals surface area contributed by atoms with E-state index in [1.807, 2.05) is 73.0 Å². The highest BCUT2D eigenvalue weighted by molar-refractivity contribution is 7.11. The Hall–Kier alpha value is -3.38. The number of hydrogen-bond donors (Lipinski definition) is 1. The molecule has 6 heteroatoms. The molecule has 3 aromatic rings. The Morgan fingerprint density at radius 3 is 2.50 bits per heavy atom. The van der Waals surface area contributed by atoms with Gasteiger partial charge in [-0.3, -0.25) is 14.5 Å². The van der Waals surface area contributed by atoms with Gasteiger partial charge in [0.2, 0.25) is 0 Å². The molecule has 1 N–H and O–H groups in total. The summed E-state index contributed by atoms with van der Waals surface area (Å²) in [6.45, 7) is 2.29. The lowest BCUT2D eigenvalue weighted by molar-refractivity contribution is -0.136. The van der Waals surface area contributed by atoms with E-state index in [9.17, 15) is 9.59 Å². The lowest BCUT2D eigenvalue weighted by Gasteiger charge is -2.16. The summed E-state index contributed by atoms with van der Waals surface area (Å²) in [5, 5.41) is 5.10. The SMILES string of the molecule is COc1ccc(C)cc1NC1=C(c2cccs2)C(=O)N(CCc2ccccc2)C1=O. The summed E-state index contributed by atoms with van der Waals surface area (Å²) < 4.78 is 5.44. The summed E-state index contributed by atoms with van der Waals surface area (Å²) in [6, 6.07) is 19.3. The van der Waals surface area contributed by atoms with Gasteiger partial charge in [-0.15, -0.1) is 11.3 Å². The molecule has 0 bridgehead atoms. The van der Waals surface area contributed by atoms with Crippen LogP contribution in [-0.2, 0) is 16.0 Å². The molecule has 0 unspecified atom stereocenters. The van der Waals surface area contributed by atoms with E-state index >= 15 is 0 Å². The molecule has 0 fully saturated rings. The first-order valence-electron chi connectivity index (χ1n) is 9.68. The number of nitrogens with zero attached hydrogens (tertiary/aromatic N) is 1. The third kappa shape index (κ3) is 3.86. The van der Waals surface area contributed by atoms with Gasteiger partial charge in [0.1, 0.15) is 11.4 Å². The Morgan fingerprint density at radius 1 is 1.00 bits per heavy atom. The van der Waals surface area contributed by atoms with Gasteiger partial charge < -0.3 is 10.1 Å². The Kier molecular flexibility index (Phi) is 5.68. The summed E-state index contributed by atoms with van der Waals surface area (Å²) >= 11 is 1.44. The first kappa shape index (κ1) is 19.9. The highest BCUT2D eigenvalue weighted by Crippen LogP contribution is 2.35. The Labute approximate surface area is 179 Å². The van der Waals surface area contributed by atoms with Crippen LogP contribution in [0.2, 0.25) is 0 Å². The van der Waals surface area contributed by atoms with Crippen LogP contribution < -0.4 is 10.1 Å². The molecule has 4 rings (SSSR count). The smallest absolute Gasteiger partial charge is 0.278 e. The molecule has 0 atom stereocenters. The second kappa shape index (κ2) is 8.55. The normalized spacial score (nSPS) is 13.9. The number of ether oxygens (including phenoxy) is 1. The van der Waals surface area contributed by atoms with Crippen LogP contribution in [0, 0.1) is 6.92 Å². The van der Waals surface area contributed by atoms with Gasteiger partial charge in [0.05, 0.1) is 18.4 Å². The maximum Gasteiger partial charge on any atom is 0.278 e. The molecular weight excluding hydrogens is 396 g/mol. The summed E-state index contributed by atoms with van der Waals surface area (Å²) in [4.78, 5) is 28.6. The number of rotatable bonds is 7. The van der Waals surface area contributed by atoms with E-state index < -0.39 is 0 Å². The van der Waals surface area contributed by atoms with Crippen molar-refractivity contribution in [1.29, 1.82) is 0 Å². The lowest BCUT2D eigenvalue weighted by atomic mass is 10.1. The Morgan fingerprint density at radius 2 is 1.80 bits per heavy atom. The number of benzene rings is 2. The predicted octanol–water partition coefficient (Wildman–Crippen LogP) is 4.50. The molecule has 0 spiro atoms. The molecule has 0 radical (unpaired) electrons. The fourth-order valence-corrected chi connectivity index (χ4v) is 4.25. The first-order valence-corrected chi connectivity index (χ1v) is 10.6. The largest absolute Gasteiger partial charge is 0.495 e. The van der Waals surface area contributed by atoms with Gasteiger partial charge in [-0.2, -0.15) is 0 Å². The number of aryl methyl sites for hydroxylation is 1. The van der Waals surface area contributed by atoms with E-state index in [-0.39, 0.29) is 11.8 Å². The number of anilines is 1. The second-order valence-electron chi connectivity index (χ2n) is 7.05. The molecule has 1 aliphatic heterocycles. The molecule has 2 aromatic carbocycles. The average Bonchev–Trinajstić information content (AvgIpc) is 3.35. The minimum Gasteiger partial charge on any atom is -0.495 e. The average molecular weight is 419 g/mol. The van der Waals surface area contributed by atoms with Gasteiger partial charge >= 0.3 is 0 Å². The molecule has 2 amide bonds. The highest BCUT2D eigenvalue weighted by Gasteiger charge is 2.39. The molecular formula is C24H22N2O3S. The fraction of sp³-hybridized carbons (Fsp3) is 0.167. The molecule has 152 valence electrons. The fourth-order valence-electron chi connectivity index (χ4n) is 3.48. The second-order valence-corrected chi connectivity index (χ2v) is 8.00. The monoisotopic (exact) mass is 418 g/mol. The van der Waals surface area contributed by atoms with Crippen molar-refractivity contribution in [1.82, 2.24) is 4.90 Å². The van der Waals surface area contributed by atoms with Gasteiger partial charge in [-0.25, -0.2) is 0 Å². The van der Waals surface area contributed by atoms with Crippen molar-refractivity contribution in [3.8, 4) is 5.75 Å². The standard InChI is InChI=1S/C24H22N2O3S/c1-16-10-11-19(29-2)18(15-16)25-22-21(20-9-6-14-30-20)23(27)26(24(22)28)13-12-17-7-4-3-5-8-17/h3-11,14-15,25H,12-13H2,1-2H3. The van der Waals surface area contributed by atoms with Crippen LogP contribution in [0.3, 0.4) is 0 Å². The highest BCUT2D eigenvalue weighted by atomic mass is 32.1. The predicted molar refractivity (Wildman–Crippen MR) is 119 cm³/mol. The maximum atomic E-state index is 13.3. The van der Waals surface area contributed by atoms with Gasteiger partial charge in [-0.05, 0) is 48.1 Å². The minimum absolute atomic E-state index is 0.271. The minimum atomic E-state index is -0.317. The third-order valence-corrected chi connectivity index (χ3v) is 5.90. The number of methoxy groups -OCH3 is 1. The zero-order valence-electron chi connectivity index (χ0n) is 16.8. The summed E-state index contributed by atoms with van der Waals surface area (Å²) in [6.07, 6.45) is 0.608. The van der Waals surface area contributed by atoms with Crippen molar-refractivity contribution in [2.24, 2.45) is 0 Å².